The van der Waals surface area contributed by atoms with E-state index in [-0.39, 0.29) is 24.4 Å². The lowest BCUT2D eigenvalue weighted by Gasteiger charge is -2.36. The number of carboxylic acid groups (broad SMARTS) is 1. The second-order valence-electron chi connectivity index (χ2n) is 12.2. The molecule has 14 heteroatoms. The van der Waals surface area contributed by atoms with E-state index >= 15 is 0 Å². The van der Waals surface area contributed by atoms with Gasteiger partial charge in [0.15, 0.2) is 5.75 Å². The monoisotopic (exact) mass is 699 g/mol. The number of carbonyl (C=O) groups is 2. The van der Waals surface area contributed by atoms with Gasteiger partial charge in [0, 0.05) is 76.0 Å². The molecule has 2 N–H and O–H groups in total. The average molecular weight is 700 g/mol. The molecule has 50 heavy (non-hydrogen) atoms. The number of likely N-dealkylation sites (tertiary alicyclic amines) is 1. The molecule has 260 valence electrons. The molecule has 4 aromatic carbocycles. The topological polar surface area (TPSA) is 163 Å². The summed E-state index contributed by atoms with van der Waals surface area (Å²) >= 11 is 0. The number of nitro groups is 1. The first-order valence-corrected chi connectivity index (χ1v) is 17.8. The van der Waals surface area contributed by atoms with Crippen molar-refractivity contribution in [3.63, 3.8) is 0 Å². The zero-order chi connectivity index (χ0) is 35.3. The summed E-state index contributed by atoms with van der Waals surface area (Å²) in [6, 6.07) is 28.6. The minimum Gasteiger partial charge on any atom is -0.483 e. The number of ether oxygens (including phenoxy) is 1. The third-order valence-electron chi connectivity index (χ3n) is 9.03. The van der Waals surface area contributed by atoms with Crippen LogP contribution in [0.15, 0.2) is 102 Å². The zero-order valence-corrected chi connectivity index (χ0v) is 28.0. The van der Waals surface area contributed by atoms with E-state index in [2.05, 4.69) is 46.2 Å². The van der Waals surface area contributed by atoms with E-state index in [9.17, 15) is 28.1 Å². The Bertz CT molecular complexity index is 1960. The van der Waals surface area contributed by atoms with Crippen molar-refractivity contribution in [2.75, 3.05) is 44.2 Å². The van der Waals surface area contributed by atoms with Gasteiger partial charge in [-0.15, -0.1) is 0 Å². The molecule has 2 saturated heterocycles. The highest BCUT2D eigenvalue weighted by Crippen LogP contribution is 2.32. The SMILES string of the molecule is O=C(NS(=O)(=O)c1ccc(OC2CCN(C(=O)O)CC2)c([N+](=O)[O-])c1)c1ccc(N2CCN(Cc3ccccc3-c3ccccc3)CC2)cc1. The summed E-state index contributed by atoms with van der Waals surface area (Å²) in [6.07, 6.45) is -0.855. The van der Waals surface area contributed by atoms with E-state index in [0.29, 0.717) is 12.8 Å². The van der Waals surface area contributed by atoms with Crippen molar-refractivity contribution >= 4 is 33.4 Å². The van der Waals surface area contributed by atoms with E-state index in [1.54, 1.807) is 24.3 Å². The molecular weight excluding hydrogens is 662 g/mol. The van der Waals surface area contributed by atoms with Gasteiger partial charge in [-0.3, -0.25) is 19.8 Å². The van der Waals surface area contributed by atoms with Gasteiger partial charge in [0.1, 0.15) is 6.10 Å². The van der Waals surface area contributed by atoms with Gasteiger partial charge in [0.2, 0.25) is 0 Å². The van der Waals surface area contributed by atoms with Crippen molar-refractivity contribution in [2.45, 2.75) is 30.4 Å². The quantitative estimate of drug-likeness (QED) is 0.166. The fourth-order valence-corrected chi connectivity index (χ4v) is 7.27. The zero-order valence-electron chi connectivity index (χ0n) is 27.2. The van der Waals surface area contributed by atoms with Gasteiger partial charge in [-0.05, 0) is 53.1 Å². The van der Waals surface area contributed by atoms with Gasteiger partial charge in [-0.25, -0.2) is 17.9 Å². The third kappa shape index (κ3) is 8.04. The van der Waals surface area contributed by atoms with Crippen molar-refractivity contribution in [1.29, 1.82) is 0 Å². The number of rotatable bonds is 10. The molecule has 2 fully saturated rings. The highest BCUT2D eigenvalue weighted by Gasteiger charge is 2.29. The molecule has 0 aliphatic carbocycles. The number of nitrogens with zero attached hydrogens (tertiary/aromatic N) is 4. The fourth-order valence-electron chi connectivity index (χ4n) is 6.28. The van der Waals surface area contributed by atoms with Crippen LogP contribution in [0.25, 0.3) is 11.1 Å². The predicted octanol–water partition coefficient (Wildman–Crippen LogP) is 5.22. The molecule has 2 heterocycles. The van der Waals surface area contributed by atoms with Crippen LogP contribution < -0.4 is 14.4 Å². The fraction of sp³-hybridized carbons (Fsp3) is 0.278. The molecule has 0 saturated carbocycles. The van der Waals surface area contributed by atoms with E-state index in [1.165, 1.54) is 27.7 Å². The van der Waals surface area contributed by atoms with Crippen LogP contribution in [0.1, 0.15) is 28.8 Å². The second kappa shape index (κ2) is 15.0. The van der Waals surface area contributed by atoms with Crippen molar-refractivity contribution in [3.8, 4) is 16.9 Å². The Morgan fingerprint density at radius 2 is 1.52 bits per heavy atom. The molecular formula is C36H37N5O8S. The maximum Gasteiger partial charge on any atom is 0.407 e. The first kappa shape index (κ1) is 34.4. The Kier molecular flexibility index (Phi) is 10.3. The minimum absolute atomic E-state index is 0.121. The molecule has 0 spiro atoms. The number of hydrogen-bond acceptors (Lipinski definition) is 9. The molecule has 4 aromatic rings. The molecule has 0 bridgehead atoms. The highest BCUT2D eigenvalue weighted by molar-refractivity contribution is 7.90. The average Bonchev–Trinajstić information content (AvgIpc) is 3.12. The highest BCUT2D eigenvalue weighted by atomic mass is 32.2. The summed E-state index contributed by atoms with van der Waals surface area (Å²) in [7, 11) is -4.46. The summed E-state index contributed by atoms with van der Waals surface area (Å²) in [5.41, 5.74) is 4.14. The molecule has 0 atom stereocenters. The number of nitrogens with one attached hydrogen (secondary N) is 1. The molecule has 6 rings (SSSR count). The molecule has 2 aliphatic heterocycles. The standard InChI is InChI=1S/C36H37N5O8S/c42-35(37-50(47,48)31-14-15-34(33(24-31)41(45)46)49-30-16-18-40(19-17-30)36(43)44)27-10-12-29(13-11-27)39-22-20-38(21-23-39)25-28-8-4-5-9-32(28)26-6-2-1-3-7-26/h1-15,24,30H,16-23,25H2,(H,37,42)(H,43,44). The van der Waals surface area contributed by atoms with Crippen LogP contribution in [-0.2, 0) is 16.6 Å². The molecule has 0 radical (unpaired) electrons. The van der Waals surface area contributed by atoms with Gasteiger partial charge in [-0.2, -0.15) is 0 Å². The molecule has 0 aromatic heterocycles. The summed E-state index contributed by atoms with van der Waals surface area (Å²) in [5.74, 6) is -1.01. The number of nitro benzene ring substituents is 1. The summed E-state index contributed by atoms with van der Waals surface area (Å²) in [5, 5.41) is 20.9. The number of hydrogen-bond donors (Lipinski definition) is 2. The van der Waals surface area contributed by atoms with E-state index < -0.39 is 43.6 Å². The van der Waals surface area contributed by atoms with Crippen molar-refractivity contribution in [3.05, 3.63) is 118 Å². The van der Waals surface area contributed by atoms with Crippen LogP contribution in [0, 0.1) is 10.1 Å². The van der Waals surface area contributed by atoms with Gasteiger partial charge >= 0.3 is 11.8 Å². The maximum atomic E-state index is 13.1. The van der Waals surface area contributed by atoms with Crippen LogP contribution in [0.3, 0.4) is 0 Å². The van der Waals surface area contributed by atoms with Crippen LogP contribution in [0.4, 0.5) is 16.2 Å². The largest absolute Gasteiger partial charge is 0.483 e. The number of piperidine rings is 1. The summed E-state index contributed by atoms with van der Waals surface area (Å²) < 4.78 is 34.0. The Labute approximate surface area is 289 Å². The van der Waals surface area contributed by atoms with Crippen LogP contribution in [-0.4, -0.2) is 85.6 Å². The van der Waals surface area contributed by atoms with Crippen LogP contribution in [0.2, 0.25) is 0 Å². The number of amides is 2. The Balaban J connectivity index is 1.04. The van der Waals surface area contributed by atoms with Gasteiger partial charge < -0.3 is 19.6 Å². The van der Waals surface area contributed by atoms with Crippen molar-refractivity contribution in [1.82, 2.24) is 14.5 Å². The van der Waals surface area contributed by atoms with Crippen LogP contribution in [0.5, 0.6) is 5.75 Å². The number of sulfonamides is 1. The second-order valence-corrected chi connectivity index (χ2v) is 13.9. The minimum atomic E-state index is -4.46. The summed E-state index contributed by atoms with van der Waals surface area (Å²) in [4.78, 5) is 40.6. The first-order valence-electron chi connectivity index (χ1n) is 16.3. The van der Waals surface area contributed by atoms with E-state index in [1.807, 2.05) is 22.9 Å². The van der Waals surface area contributed by atoms with Gasteiger partial charge in [-0.1, -0.05) is 54.6 Å². The van der Waals surface area contributed by atoms with Gasteiger partial charge in [0.25, 0.3) is 15.9 Å². The Hall–Kier alpha value is -5.47. The Morgan fingerprint density at radius 3 is 2.18 bits per heavy atom. The van der Waals surface area contributed by atoms with Gasteiger partial charge in [0.05, 0.1) is 9.82 Å². The van der Waals surface area contributed by atoms with Crippen LogP contribution >= 0.6 is 0 Å². The molecule has 2 amide bonds. The third-order valence-corrected chi connectivity index (χ3v) is 10.4. The normalized spacial score (nSPS) is 15.8. The number of benzene rings is 4. The molecule has 13 nitrogen and oxygen atoms in total. The lowest BCUT2D eigenvalue weighted by atomic mass is 9.99. The first-order chi connectivity index (χ1) is 24.1. The van der Waals surface area contributed by atoms with Crippen molar-refractivity contribution < 1.29 is 32.8 Å². The smallest absolute Gasteiger partial charge is 0.407 e. The Morgan fingerprint density at radius 1 is 0.860 bits per heavy atom. The predicted molar refractivity (Wildman–Crippen MR) is 187 cm³/mol. The van der Waals surface area contributed by atoms with Crippen molar-refractivity contribution in [2.24, 2.45) is 0 Å². The number of anilines is 1. The lowest BCUT2D eigenvalue weighted by Crippen LogP contribution is -2.46. The lowest BCUT2D eigenvalue weighted by molar-refractivity contribution is -0.386. The number of piperazine rings is 1. The molecule has 2 aliphatic rings. The van der Waals surface area contributed by atoms with E-state index in [0.717, 1.165) is 50.5 Å². The van der Waals surface area contributed by atoms with E-state index in [4.69, 9.17) is 9.84 Å². The summed E-state index contributed by atoms with van der Waals surface area (Å²) in [6.45, 7) is 4.54. The maximum absolute atomic E-state index is 13.1. The molecule has 0 unspecified atom stereocenters. The number of carbonyl (C=O) groups excluding carboxylic acids is 1.